The van der Waals surface area contributed by atoms with E-state index in [2.05, 4.69) is 20.0 Å². The largest absolute Gasteiger partial charge is 0.508 e. The lowest BCUT2D eigenvalue weighted by Gasteiger charge is -2.31. The van der Waals surface area contributed by atoms with E-state index in [0.717, 1.165) is 25.1 Å². The molecule has 14 heteroatoms. The third-order valence-corrected chi connectivity index (χ3v) is 10.7. The highest BCUT2D eigenvalue weighted by molar-refractivity contribution is 6.01. The molecule has 2 aromatic carbocycles. The maximum atomic E-state index is 17.1. The minimum Gasteiger partial charge on any atom is -0.508 e. The minimum absolute atomic E-state index is 0.0419. The first kappa shape index (κ1) is 33.9. The van der Waals surface area contributed by atoms with Gasteiger partial charge in [0.2, 0.25) is 0 Å². The number of aryl methyl sites for hydroxylation is 2. The summed E-state index contributed by atoms with van der Waals surface area (Å²) >= 11 is 0. The van der Waals surface area contributed by atoms with Gasteiger partial charge in [-0.1, -0.05) is 13.0 Å². The van der Waals surface area contributed by atoms with Crippen molar-refractivity contribution in [3.8, 4) is 23.0 Å². The molecule has 3 aliphatic heterocycles. The van der Waals surface area contributed by atoms with E-state index in [9.17, 15) is 14.3 Å². The number of anilines is 1. The molecule has 1 amide bonds. The van der Waals surface area contributed by atoms with Crippen molar-refractivity contribution in [2.45, 2.75) is 57.7 Å². The van der Waals surface area contributed by atoms with Gasteiger partial charge in [-0.2, -0.15) is 15.1 Å². The molecule has 8 rings (SSSR count). The van der Waals surface area contributed by atoms with Crippen LogP contribution in [-0.2, 0) is 19.5 Å². The van der Waals surface area contributed by atoms with Crippen LogP contribution in [0.15, 0.2) is 48.4 Å². The summed E-state index contributed by atoms with van der Waals surface area (Å²) in [5.74, 6) is -1.13. The molecule has 270 valence electrons. The van der Waals surface area contributed by atoms with E-state index in [1.165, 1.54) is 29.3 Å². The number of benzene rings is 2. The fraction of sp³-hybridized carbons (Fsp3) is 0.395. The lowest BCUT2D eigenvalue weighted by molar-refractivity contribution is 0.0821. The fourth-order valence-corrected chi connectivity index (χ4v) is 8.18. The van der Waals surface area contributed by atoms with Gasteiger partial charge in [0.05, 0.1) is 29.5 Å². The molecule has 0 spiro atoms. The Morgan fingerprint density at radius 1 is 1.10 bits per heavy atom. The van der Waals surface area contributed by atoms with Crippen LogP contribution >= 0.6 is 0 Å². The van der Waals surface area contributed by atoms with Crippen LogP contribution in [0.1, 0.15) is 54.4 Å². The Bertz CT molecular complexity index is 2270. The summed E-state index contributed by atoms with van der Waals surface area (Å²) in [6.45, 7) is 4.79. The summed E-state index contributed by atoms with van der Waals surface area (Å²) in [5.41, 5.74) is 1.89. The van der Waals surface area contributed by atoms with Crippen molar-refractivity contribution in [3.05, 3.63) is 77.0 Å². The molecule has 0 saturated carbocycles. The average molecular weight is 713 g/mol. The second kappa shape index (κ2) is 13.1. The normalized spacial score (nSPS) is 19.7. The number of rotatable bonds is 7. The van der Waals surface area contributed by atoms with Crippen LogP contribution in [0.3, 0.4) is 0 Å². The predicted octanol–water partition coefficient (Wildman–Crippen LogP) is 6.17. The number of phenolic OH excluding ortho intramolecular Hbond substituents is 1. The van der Waals surface area contributed by atoms with Crippen molar-refractivity contribution in [2.24, 2.45) is 0 Å². The van der Waals surface area contributed by atoms with Crippen LogP contribution in [0.5, 0.6) is 11.8 Å². The molecule has 6 heterocycles. The van der Waals surface area contributed by atoms with Gasteiger partial charge in [0, 0.05) is 45.5 Å². The molecular weight excluding hydrogens is 673 g/mol. The molecule has 0 aliphatic carbocycles. The van der Waals surface area contributed by atoms with Crippen LogP contribution in [0.2, 0.25) is 0 Å². The van der Waals surface area contributed by atoms with E-state index in [-0.39, 0.29) is 41.0 Å². The molecule has 11 nitrogen and oxygen atoms in total. The van der Waals surface area contributed by atoms with Gasteiger partial charge in [0.25, 0.3) is 5.91 Å². The minimum atomic E-state index is -0.771. The van der Waals surface area contributed by atoms with Gasteiger partial charge >= 0.3 is 6.01 Å². The van der Waals surface area contributed by atoms with Crippen LogP contribution < -0.4 is 9.64 Å². The van der Waals surface area contributed by atoms with E-state index >= 15 is 8.78 Å². The predicted molar refractivity (Wildman–Crippen MR) is 190 cm³/mol. The Hall–Kier alpha value is -5.24. The second-order valence-corrected chi connectivity index (χ2v) is 14.2. The number of aromatic hydroxyl groups is 1. The van der Waals surface area contributed by atoms with Crippen molar-refractivity contribution in [1.82, 2.24) is 34.5 Å². The van der Waals surface area contributed by atoms with E-state index in [1.54, 1.807) is 26.2 Å². The number of ether oxygens (including phenoxy) is 1. The number of carbonyl (C=O) groups excluding carboxylic acids is 1. The molecule has 1 unspecified atom stereocenters. The van der Waals surface area contributed by atoms with Crippen LogP contribution in [0.4, 0.5) is 19.0 Å². The van der Waals surface area contributed by atoms with Crippen molar-refractivity contribution in [2.75, 3.05) is 45.2 Å². The van der Waals surface area contributed by atoms with Gasteiger partial charge in [-0.3, -0.25) is 19.4 Å². The summed E-state index contributed by atoms with van der Waals surface area (Å²) in [4.78, 5) is 32.5. The lowest BCUT2D eigenvalue weighted by atomic mass is 9.94. The average Bonchev–Trinajstić information content (AvgIpc) is 3.78. The van der Waals surface area contributed by atoms with Crippen molar-refractivity contribution in [3.63, 3.8) is 0 Å². The number of halogens is 3. The van der Waals surface area contributed by atoms with Gasteiger partial charge in [-0.15, -0.1) is 0 Å². The summed E-state index contributed by atoms with van der Waals surface area (Å²) in [6, 6.07) is 7.52. The molecule has 1 N–H and O–H groups in total. The molecule has 5 aromatic rings. The first-order valence-corrected chi connectivity index (χ1v) is 17.6. The summed E-state index contributed by atoms with van der Waals surface area (Å²) in [6.07, 6.45) is 5.48. The number of hydrogen-bond acceptors (Lipinski definition) is 9. The zero-order valence-corrected chi connectivity index (χ0v) is 29.3. The number of amides is 1. The molecule has 3 aliphatic rings. The van der Waals surface area contributed by atoms with Gasteiger partial charge in [0.1, 0.15) is 35.2 Å². The highest BCUT2D eigenvalue weighted by atomic mass is 19.1. The molecule has 52 heavy (non-hydrogen) atoms. The summed E-state index contributed by atoms with van der Waals surface area (Å²) in [7, 11) is 3.35. The van der Waals surface area contributed by atoms with E-state index in [4.69, 9.17) is 9.72 Å². The monoisotopic (exact) mass is 712 g/mol. The number of carbonyl (C=O) groups is 1. The number of phenols is 1. The number of nitrogens with zero attached hydrogens (tertiary/aromatic N) is 8. The maximum Gasteiger partial charge on any atom is 0.319 e. The third kappa shape index (κ3) is 5.69. The molecule has 0 radical (unpaired) electrons. The Kier molecular flexibility index (Phi) is 8.51. The Balaban J connectivity index is 1.26. The molecular formula is C38H39F3N8O3. The molecule has 2 saturated heterocycles. The smallest absolute Gasteiger partial charge is 0.319 e. The first-order chi connectivity index (χ1) is 25.1. The highest BCUT2D eigenvalue weighted by Crippen LogP contribution is 2.43. The van der Waals surface area contributed by atoms with Gasteiger partial charge in [-0.05, 0) is 84.8 Å². The lowest BCUT2D eigenvalue weighted by Crippen LogP contribution is -2.43. The van der Waals surface area contributed by atoms with Crippen LogP contribution in [0.25, 0.3) is 32.9 Å². The first-order valence-electron chi connectivity index (χ1n) is 17.6. The number of fused-ring (bicyclic) bond motifs is 4. The fourth-order valence-electron chi connectivity index (χ4n) is 8.18. The van der Waals surface area contributed by atoms with Crippen molar-refractivity contribution < 1.29 is 27.8 Å². The van der Waals surface area contributed by atoms with E-state index < -0.39 is 17.2 Å². The SMILES string of the molecule is CCc1c(F)ccc2cc(O)cc(-c3ncc4c(N5CCCn6nc(C(=O)N(C)C)cc6C5)nc(OCC56CCCN5C/C(=C\F)C6)nc4c3F)c12. The van der Waals surface area contributed by atoms with Gasteiger partial charge in [-0.25, -0.2) is 13.2 Å². The standard InChI is InChI=1S/C38H39F3N8O3/c1-4-26-29(40)8-7-23-13-25(50)15-27(31(23)26)33-32(41)34-28(18-42-33)35(47-10-6-12-49-24(20-47)14-30(45-49)36(51)46(2)3)44-37(43-34)52-21-38-9-5-11-48(38)19-22(16-38)17-39/h7-8,13-15,17-18,50H,4-6,9-12,16,19-21H2,1-3H3/b22-17-. The number of aromatic nitrogens is 5. The highest BCUT2D eigenvalue weighted by Gasteiger charge is 2.47. The maximum absolute atomic E-state index is 17.1. The Morgan fingerprint density at radius 2 is 1.94 bits per heavy atom. The quantitative estimate of drug-likeness (QED) is 0.212. The molecule has 1 atom stereocenters. The van der Waals surface area contributed by atoms with E-state index in [0.29, 0.717) is 90.6 Å². The third-order valence-electron chi connectivity index (χ3n) is 10.7. The Morgan fingerprint density at radius 3 is 2.73 bits per heavy atom. The summed E-state index contributed by atoms with van der Waals surface area (Å²) in [5, 5.41) is 16.6. The van der Waals surface area contributed by atoms with Gasteiger partial charge in [0.15, 0.2) is 11.5 Å². The van der Waals surface area contributed by atoms with E-state index in [1.807, 2.05) is 16.5 Å². The van der Waals surface area contributed by atoms with Crippen LogP contribution in [-0.4, -0.2) is 91.4 Å². The zero-order valence-electron chi connectivity index (χ0n) is 29.3. The van der Waals surface area contributed by atoms with Gasteiger partial charge < -0.3 is 19.6 Å². The second-order valence-electron chi connectivity index (χ2n) is 14.2. The number of pyridine rings is 1. The number of hydrogen-bond donors (Lipinski definition) is 1. The molecule has 3 aromatic heterocycles. The summed E-state index contributed by atoms with van der Waals surface area (Å²) < 4.78 is 54.0. The Labute approximate surface area is 298 Å². The molecule has 0 bridgehead atoms. The molecule has 2 fully saturated rings. The zero-order chi connectivity index (χ0) is 36.3. The van der Waals surface area contributed by atoms with Crippen molar-refractivity contribution in [1.29, 1.82) is 0 Å². The topological polar surface area (TPSA) is 113 Å². The van der Waals surface area contributed by atoms with Crippen LogP contribution in [0, 0.1) is 11.6 Å². The van der Waals surface area contributed by atoms with Crippen molar-refractivity contribution >= 4 is 33.4 Å².